The summed E-state index contributed by atoms with van der Waals surface area (Å²) in [6.45, 7) is 5.62. The Morgan fingerprint density at radius 3 is 2.62 bits per heavy atom. The van der Waals surface area contributed by atoms with Crippen molar-refractivity contribution in [2.45, 2.75) is 13.8 Å². The summed E-state index contributed by atoms with van der Waals surface area (Å²) in [5.74, 6) is 0.494. The van der Waals surface area contributed by atoms with E-state index in [0.717, 1.165) is 12.2 Å². The van der Waals surface area contributed by atoms with Crippen LogP contribution in [0.1, 0.15) is 13.8 Å². The fraction of sp³-hybridized carbons (Fsp3) is 0.500. The van der Waals surface area contributed by atoms with Crippen molar-refractivity contribution in [1.29, 1.82) is 0 Å². The third-order valence-corrected chi connectivity index (χ3v) is 3.04. The van der Waals surface area contributed by atoms with Gasteiger partial charge < -0.3 is 11.1 Å². The molecule has 90 valence electrons. The van der Waals surface area contributed by atoms with Gasteiger partial charge >= 0.3 is 0 Å². The molecule has 0 fully saturated rings. The second kappa shape index (κ2) is 6.06. The number of hydrogen-bond donors (Lipinski definition) is 2. The lowest BCUT2D eigenvalue weighted by molar-refractivity contribution is 0.413. The molecule has 2 nitrogen and oxygen atoms in total. The van der Waals surface area contributed by atoms with Crippen LogP contribution in [0.2, 0.25) is 5.02 Å². The molecule has 0 aliphatic heterocycles. The van der Waals surface area contributed by atoms with Crippen LogP contribution in [0.25, 0.3) is 0 Å². The van der Waals surface area contributed by atoms with Gasteiger partial charge in [0, 0.05) is 12.2 Å². The summed E-state index contributed by atoms with van der Waals surface area (Å²) in [5.41, 5.74) is 6.39. The molecule has 1 atom stereocenters. The number of hydrogen-bond acceptors (Lipinski definition) is 2. The van der Waals surface area contributed by atoms with Crippen molar-refractivity contribution in [2.24, 2.45) is 17.6 Å². The zero-order valence-corrected chi connectivity index (χ0v) is 10.4. The molecule has 0 aromatic heterocycles. The van der Waals surface area contributed by atoms with Crippen molar-refractivity contribution in [1.82, 2.24) is 0 Å². The van der Waals surface area contributed by atoms with Crippen molar-refractivity contribution < 1.29 is 4.39 Å². The molecule has 0 aliphatic carbocycles. The molecule has 0 saturated carbocycles. The lowest BCUT2D eigenvalue weighted by atomic mass is 9.96. The zero-order chi connectivity index (χ0) is 12.1. The van der Waals surface area contributed by atoms with E-state index in [1.165, 1.54) is 6.07 Å². The van der Waals surface area contributed by atoms with E-state index in [9.17, 15) is 4.39 Å². The molecule has 1 aromatic rings. The first-order valence-corrected chi connectivity index (χ1v) is 5.81. The van der Waals surface area contributed by atoms with E-state index < -0.39 is 5.82 Å². The Morgan fingerprint density at radius 2 is 2.12 bits per heavy atom. The predicted octanol–water partition coefficient (Wildman–Crippen LogP) is 3.12. The molecule has 0 heterocycles. The zero-order valence-electron chi connectivity index (χ0n) is 9.63. The van der Waals surface area contributed by atoms with Gasteiger partial charge in [-0.2, -0.15) is 0 Å². The summed E-state index contributed by atoms with van der Waals surface area (Å²) >= 11 is 5.60. The van der Waals surface area contributed by atoms with E-state index in [2.05, 4.69) is 19.2 Å². The van der Waals surface area contributed by atoms with Crippen molar-refractivity contribution >= 4 is 17.3 Å². The predicted molar refractivity (Wildman–Crippen MR) is 67.3 cm³/mol. The van der Waals surface area contributed by atoms with Crippen LogP contribution < -0.4 is 11.1 Å². The Hall–Kier alpha value is -0.800. The van der Waals surface area contributed by atoms with Crippen LogP contribution in [0, 0.1) is 17.7 Å². The topological polar surface area (TPSA) is 38.0 Å². The average molecular weight is 245 g/mol. The van der Waals surface area contributed by atoms with Crippen LogP contribution in [-0.2, 0) is 0 Å². The molecule has 0 bridgehead atoms. The van der Waals surface area contributed by atoms with Gasteiger partial charge in [0.25, 0.3) is 0 Å². The number of nitrogens with two attached hydrogens (primary N) is 1. The van der Waals surface area contributed by atoms with Crippen LogP contribution >= 0.6 is 11.6 Å². The Morgan fingerprint density at radius 1 is 1.44 bits per heavy atom. The van der Waals surface area contributed by atoms with E-state index >= 15 is 0 Å². The number of benzene rings is 1. The molecule has 1 rings (SSSR count). The highest BCUT2D eigenvalue weighted by molar-refractivity contribution is 6.30. The van der Waals surface area contributed by atoms with Crippen LogP contribution in [0.15, 0.2) is 18.2 Å². The van der Waals surface area contributed by atoms with Gasteiger partial charge in [-0.25, -0.2) is 4.39 Å². The molecule has 16 heavy (non-hydrogen) atoms. The summed E-state index contributed by atoms with van der Waals surface area (Å²) < 4.78 is 13.1. The number of rotatable bonds is 5. The number of nitrogens with one attached hydrogen (secondary N) is 1. The minimum Gasteiger partial charge on any atom is -0.385 e. The molecule has 1 aromatic carbocycles. The highest BCUT2D eigenvalue weighted by atomic mass is 35.5. The molecule has 0 spiro atoms. The van der Waals surface area contributed by atoms with E-state index in [0.29, 0.717) is 18.4 Å². The normalized spacial score (nSPS) is 12.9. The standard InChI is InChI=1S/C12H18ClFN2/c1-8(2)9(6-15)7-16-10-3-4-11(13)12(14)5-10/h3-5,8-9,16H,6-7,15H2,1-2H3. The molecule has 1 unspecified atom stereocenters. The Kier molecular flexibility index (Phi) is 5.03. The van der Waals surface area contributed by atoms with Gasteiger partial charge in [-0.15, -0.1) is 0 Å². The van der Waals surface area contributed by atoms with Crippen LogP contribution in [-0.4, -0.2) is 13.1 Å². The quantitative estimate of drug-likeness (QED) is 0.835. The molecular formula is C12H18ClFN2. The van der Waals surface area contributed by atoms with Crippen molar-refractivity contribution in [3.63, 3.8) is 0 Å². The minimum atomic E-state index is -0.402. The molecule has 0 saturated heterocycles. The van der Waals surface area contributed by atoms with Crippen molar-refractivity contribution in [3.8, 4) is 0 Å². The van der Waals surface area contributed by atoms with Gasteiger partial charge in [0.05, 0.1) is 5.02 Å². The van der Waals surface area contributed by atoms with Crippen LogP contribution in [0.3, 0.4) is 0 Å². The third-order valence-electron chi connectivity index (χ3n) is 2.73. The summed E-state index contributed by atoms with van der Waals surface area (Å²) in [4.78, 5) is 0. The Labute approximate surface area is 101 Å². The molecular weight excluding hydrogens is 227 g/mol. The van der Waals surface area contributed by atoms with Crippen molar-refractivity contribution in [3.05, 3.63) is 29.0 Å². The molecule has 0 amide bonds. The third kappa shape index (κ3) is 3.65. The molecule has 0 radical (unpaired) electrons. The van der Waals surface area contributed by atoms with Crippen LogP contribution in [0.4, 0.5) is 10.1 Å². The smallest absolute Gasteiger partial charge is 0.143 e. The lowest BCUT2D eigenvalue weighted by Crippen LogP contribution is -2.27. The fourth-order valence-electron chi connectivity index (χ4n) is 1.45. The number of halogens is 2. The maximum atomic E-state index is 13.1. The van der Waals surface area contributed by atoms with Gasteiger partial charge in [-0.1, -0.05) is 25.4 Å². The first-order valence-electron chi connectivity index (χ1n) is 5.43. The molecule has 3 N–H and O–H groups in total. The monoisotopic (exact) mass is 244 g/mol. The molecule has 0 aliphatic rings. The van der Waals surface area contributed by atoms with Gasteiger partial charge in [-0.3, -0.25) is 0 Å². The second-order valence-electron chi connectivity index (χ2n) is 4.25. The van der Waals surface area contributed by atoms with Gasteiger partial charge in [0.1, 0.15) is 5.82 Å². The first kappa shape index (κ1) is 13.3. The van der Waals surface area contributed by atoms with Crippen LogP contribution in [0.5, 0.6) is 0 Å². The maximum Gasteiger partial charge on any atom is 0.143 e. The van der Waals surface area contributed by atoms with E-state index in [-0.39, 0.29) is 5.02 Å². The van der Waals surface area contributed by atoms with Crippen molar-refractivity contribution in [2.75, 3.05) is 18.4 Å². The Balaban J connectivity index is 2.57. The highest BCUT2D eigenvalue weighted by Gasteiger charge is 2.11. The van der Waals surface area contributed by atoms with E-state index in [1.54, 1.807) is 12.1 Å². The Bertz CT molecular complexity index is 342. The number of anilines is 1. The second-order valence-corrected chi connectivity index (χ2v) is 4.66. The highest BCUT2D eigenvalue weighted by Crippen LogP contribution is 2.19. The fourth-order valence-corrected chi connectivity index (χ4v) is 1.56. The maximum absolute atomic E-state index is 13.1. The van der Waals surface area contributed by atoms with E-state index in [4.69, 9.17) is 17.3 Å². The SMILES string of the molecule is CC(C)C(CN)CNc1ccc(Cl)c(F)c1. The van der Waals surface area contributed by atoms with Gasteiger partial charge in [-0.05, 0) is 36.6 Å². The first-order chi connectivity index (χ1) is 7.54. The summed E-state index contributed by atoms with van der Waals surface area (Å²) in [5, 5.41) is 3.31. The lowest BCUT2D eigenvalue weighted by Gasteiger charge is -2.19. The molecule has 4 heteroatoms. The summed E-state index contributed by atoms with van der Waals surface area (Å²) in [7, 11) is 0. The minimum absolute atomic E-state index is 0.143. The average Bonchev–Trinajstić information content (AvgIpc) is 2.23. The van der Waals surface area contributed by atoms with Gasteiger partial charge in [0.2, 0.25) is 0 Å². The van der Waals surface area contributed by atoms with Gasteiger partial charge in [0.15, 0.2) is 0 Å². The summed E-state index contributed by atoms with van der Waals surface area (Å²) in [6, 6.07) is 4.71. The summed E-state index contributed by atoms with van der Waals surface area (Å²) in [6.07, 6.45) is 0. The van der Waals surface area contributed by atoms with E-state index in [1.807, 2.05) is 0 Å². The largest absolute Gasteiger partial charge is 0.385 e.